The Morgan fingerprint density at radius 2 is 2.19 bits per heavy atom. The van der Waals surface area contributed by atoms with Crippen molar-refractivity contribution in [2.45, 2.75) is 23.8 Å². The van der Waals surface area contributed by atoms with Gasteiger partial charge in [0.2, 0.25) is 0 Å². The van der Waals surface area contributed by atoms with Gasteiger partial charge in [-0.2, -0.15) is 0 Å². The number of nitrogens with two attached hydrogens (primary N) is 1. The monoisotopic (exact) mass is 237 g/mol. The molecule has 0 aliphatic carbocycles. The summed E-state index contributed by atoms with van der Waals surface area (Å²) >= 11 is 1.84. The van der Waals surface area contributed by atoms with E-state index in [0.29, 0.717) is 5.92 Å². The van der Waals surface area contributed by atoms with Gasteiger partial charge in [0.15, 0.2) is 0 Å². The number of rotatable bonds is 4. The Hall–Kier alpha value is -0.510. The fourth-order valence-electron chi connectivity index (χ4n) is 1.95. The first-order chi connectivity index (χ1) is 7.86. The van der Waals surface area contributed by atoms with Crippen LogP contribution in [0.3, 0.4) is 0 Å². The van der Waals surface area contributed by atoms with E-state index < -0.39 is 0 Å². The van der Waals surface area contributed by atoms with Gasteiger partial charge < -0.3 is 10.5 Å². The minimum atomic E-state index is 0.255. The Labute approximate surface area is 102 Å². The zero-order valence-electron chi connectivity index (χ0n) is 9.47. The van der Waals surface area contributed by atoms with Crippen LogP contribution in [0.2, 0.25) is 0 Å². The first-order valence-electron chi connectivity index (χ1n) is 5.87. The third-order valence-electron chi connectivity index (χ3n) is 2.99. The van der Waals surface area contributed by atoms with Crippen LogP contribution in [-0.4, -0.2) is 25.0 Å². The summed E-state index contributed by atoms with van der Waals surface area (Å²) in [5.41, 5.74) is 6.20. The standard InChI is InChI=1S/C13H19NOS/c14-13(11-5-4-8-15-9-11)10-16-12-6-2-1-3-7-12/h1-3,6-7,11,13H,4-5,8-10,14H2. The molecule has 0 amide bonds. The molecule has 16 heavy (non-hydrogen) atoms. The van der Waals surface area contributed by atoms with Crippen molar-refractivity contribution in [2.24, 2.45) is 11.7 Å². The van der Waals surface area contributed by atoms with Crippen LogP contribution < -0.4 is 5.73 Å². The van der Waals surface area contributed by atoms with Crippen molar-refractivity contribution < 1.29 is 4.74 Å². The van der Waals surface area contributed by atoms with E-state index >= 15 is 0 Å². The molecule has 1 aliphatic heterocycles. The summed E-state index contributed by atoms with van der Waals surface area (Å²) < 4.78 is 5.47. The zero-order chi connectivity index (χ0) is 11.2. The van der Waals surface area contributed by atoms with E-state index in [0.717, 1.165) is 25.4 Å². The molecule has 1 saturated heterocycles. The molecule has 3 heteroatoms. The van der Waals surface area contributed by atoms with Gasteiger partial charge in [-0.15, -0.1) is 11.8 Å². The van der Waals surface area contributed by atoms with Gasteiger partial charge in [0.05, 0.1) is 6.61 Å². The third kappa shape index (κ3) is 3.51. The molecule has 2 N–H and O–H groups in total. The highest BCUT2D eigenvalue weighted by Crippen LogP contribution is 2.23. The van der Waals surface area contributed by atoms with Gasteiger partial charge in [0.25, 0.3) is 0 Å². The molecule has 1 aromatic rings. The van der Waals surface area contributed by atoms with Crippen molar-refractivity contribution in [3.63, 3.8) is 0 Å². The van der Waals surface area contributed by atoms with E-state index in [9.17, 15) is 0 Å². The van der Waals surface area contributed by atoms with Crippen molar-refractivity contribution in [2.75, 3.05) is 19.0 Å². The predicted molar refractivity (Wildman–Crippen MR) is 68.7 cm³/mol. The zero-order valence-corrected chi connectivity index (χ0v) is 10.3. The van der Waals surface area contributed by atoms with Gasteiger partial charge in [-0.3, -0.25) is 0 Å². The van der Waals surface area contributed by atoms with Crippen molar-refractivity contribution >= 4 is 11.8 Å². The summed E-state index contributed by atoms with van der Waals surface area (Å²) in [6, 6.07) is 10.7. The smallest absolute Gasteiger partial charge is 0.0509 e. The van der Waals surface area contributed by atoms with Crippen molar-refractivity contribution in [3.05, 3.63) is 30.3 Å². The van der Waals surface area contributed by atoms with E-state index in [1.807, 2.05) is 17.8 Å². The molecule has 88 valence electrons. The fraction of sp³-hybridized carbons (Fsp3) is 0.538. The van der Waals surface area contributed by atoms with E-state index in [-0.39, 0.29) is 6.04 Å². The van der Waals surface area contributed by atoms with Gasteiger partial charge in [-0.1, -0.05) is 18.2 Å². The highest BCUT2D eigenvalue weighted by molar-refractivity contribution is 7.99. The van der Waals surface area contributed by atoms with Gasteiger partial charge in [-0.05, 0) is 30.9 Å². The first-order valence-corrected chi connectivity index (χ1v) is 6.86. The third-order valence-corrected chi connectivity index (χ3v) is 4.14. The van der Waals surface area contributed by atoms with Crippen LogP contribution in [0.4, 0.5) is 0 Å². The molecule has 2 unspecified atom stereocenters. The lowest BCUT2D eigenvalue weighted by Crippen LogP contribution is -2.37. The fourth-order valence-corrected chi connectivity index (χ4v) is 2.96. The maximum atomic E-state index is 6.20. The SMILES string of the molecule is NC(CSc1ccccc1)C1CCCOC1. The number of benzene rings is 1. The molecule has 0 bridgehead atoms. The molecule has 1 fully saturated rings. The number of hydrogen-bond donors (Lipinski definition) is 1. The minimum absolute atomic E-state index is 0.255. The van der Waals surface area contributed by atoms with Crippen molar-refractivity contribution in [1.29, 1.82) is 0 Å². The van der Waals surface area contributed by atoms with Crippen LogP contribution in [0.25, 0.3) is 0 Å². The Morgan fingerprint density at radius 3 is 2.88 bits per heavy atom. The molecule has 2 rings (SSSR count). The Morgan fingerprint density at radius 1 is 1.38 bits per heavy atom. The van der Waals surface area contributed by atoms with Gasteiger partial charge in [0.1, 0.15) is 0 Å². The molecule has 2 atom stereocenters. The molecule has 1 aromatic carbocycles. The highest BCUT2D eigenvalue weighted by Gasteiger charge is 2.20. The molecule has 0 saturated carbocycles. The second-order valence-electron chi connectivity index (χ2n) is 4.27. The Bertz CT molecular complexity index is 298. The molecular weight excluding hydrogens is 218 g/mol. The molecule has 0 spiro atoms. The lowest BCUT2D eigenvalue weighted by Gasteiger charge is -2.27. The van der Waals surface area contributed by atoms with Gasteiger partial charge in [0, 0.05) is 23.3 Å². The van der Waals surface area contributed by atoms with E-state index in [4.69, 9.17) is 10.5 Å². The molecule has 1 aliphatic rings. The van der Waals surface area contributed by atoms with Crippen LogP contribution >= 0.6 is 11.8 Å². The Kier molecular flexibility index (Phi) is 4.69. The molecule has 2 nitrogen and oxygen atoms in total. The lowest BCUT2D eigenvalue weighted by molar-refractivity contribution is 0.0478. The van der Waals surface area contributed by atoms with Crippen molar-refractivity contribution in [1.82, 2.24) is 0 Å². The van der Waals surface area contributed by atoms with Gasteiger partial charge >= 0.3 is 0 Å². The van der Waals surface area contributed by atoms with Crippen LogP contribution in [0.5, 0.6) is 0 Å². The number of thioether (sulfide) groups is 1. The van der Waals surface area contributed by atoms with Crippen LogP contribution in [0.1, 0.15) is 12.8 Å². The van der Waals surface area contributed by atoms with Crippen LogP contribution in [0, 0.1) is 5.92 Å². The second-order valence-corrected chi connectivity index (χ2v) is 5.36. The average molecular weight is 237 g/mol. The lowest BCUT2D eigenvalue weighted by atomic mass is 9.96. The summed E-state index contributed by atoms with van der Waals surface area (Å²) in [4.78, 5) is 1.30. The molecule has 1 heterocycles. The normalized spacial score (nSPS) is 22.9. The largest absolute Gasteiger partial charge is 0.381 e. The second kappa shape index (κ2) is 6.28. The van der Waals surface area contributed by atoms with Gasteiger partial charge in [-0.25, -0.2) is 0 Å². The quantitative estimate of drug-likeness (QED) is 0.817. The van der Waals surface area contributed by atoms with E-state index in [1.165, 1.54) is 11.3 Å². The van der Waals surface area contributed by atoms with Crippen LogP contribution in [0.15, 0.2) is 35.2 Å². The minimum Gasteiger partial charge on any atom is -0.381 e. The van der Waals surface area contributed by atoms with Crippen molar-refractivity contribution in [3.8, 4) is 0 Å². The summed E-state index contributed by atoms with van der Waals surface area (Å²) in [6.45, 7) is 1.76. The molecule has 0 radical (unpaired) electrons. The highest BCUT2D eigenvalue weighted by atomic mass is 32.2. The number of ether oxygens (including phenoxy) is 1. The topological polar surface area (TPSA) is 35.2 Å². The maximum absolute atomic E-state index is 6.20. The summed E-state index contributed by atoms with van der Waals surface area (Å²) in [5, 5.41) is 0. The summed E-state index contributed by atoms with van der Waals surface area (Å²) in [6.07, 6.45) is 2.38. The van der Waals surface area contributed by atoms with E-state index in [1.54, 1.807) is 0 Å². The first kappa shape index (κ1) is 12.0. The van der Waals surface area contributed by atoms with Crippen LogP contribution in [-0.2, 0) is 4.74 Å². The molecule has 0 aromatic heterocycles. The number of hydrogen-bond acceptors (Lipinski definition) is 3. The van der Waals surface area contributed by atoms with E-state index in [2.05, 4.69) is 24.3 Å². The maximum Gasteiger partial charge on any atom is 0.0509 e. The molecular formula is C13H19NOS. The summed E-state index contributed by atoms with van der Waals surface area (Å²) in [7, 11) is 0. The average Bonchev–Trinajstić information content (AvgIpc) is 2.38. The summed E-state index contributed by atoms with van der Waals surface area (Å²) in [5.74, 6) is 1.53. The Balaban J connectivity index is 1.76. The predicted octanol–water partition coefficient (Wildman–Crippen LogP) is 2.53.